The van der Waals surface area contributed by atoms with Crippen LogP contribution in [0, 0.1) is 17.1 Å². The van der Waals surface area contributed by atoms with Gasteiger partial charge in [0.15, 0.2) is 0 Å². The quantitative estimate of drug-likeness (QED) is 0.423. The van der Waals surface area contributed by atoms with E-state index in [0.717, 1.165) is 48.0 Å². The van der Waals surface area contributed by atoms with Gasteiger partial charge in [-0.1, -0.05) is 36.4 Å². The van der Waals surface area contributed by atoms with Gasteiger partial charge in [0.25, 0.3) is 0 Å². The summed E-state index contributed by atoms with van der Waals surface area (Å²) in [6.45, 7) is 1.96. The molecule has 0 bridgehead atoms. The van der Waals surface area contributed by atoms with Crippen molar-refractivity contribution in [2.75, 3.05) is 18.0 Å². The number of benzene rings is 3. The van der Waals surface area contributed by atoms with E-state index in [-0.39, 0.29) is 5.82 Å². The van der Waals surface area contributed by atoms with Crippen molar-refractivity contribution in [2.24, 2.45) is 0 Å². The minimum absolute atomic E-state index is 0.286. The lowest BCUT2D eigenvalue weighted by Crippen LogP contribution is -2.29. The molecule has 1 aliphatic heterocycles. The second kappa shape index (κ2) is 7.63. The summed E-state index contributed by atoms with van der Waals surface area (Å²) in [7, 11) is 0. The largest absolute Gasteiger partial charge is 0.371 e. The van der Waals surface area contributed by atoms with Crippen LogP contribution in [-0.2, 0) is 0 Å². The number of nitrogens with zero attached hydrogens (tertiary/aromatic N) is 2. The fraction of sp³-hybridized carbons (Fsp3) is 0.208. The van der Waals surface area contributed by atoms with E-state index in [2.05, 4.69) is 11.0 Å². The van der Waals surface area contributed by atoms with E-state index < -0.39 is 0 Å². The molecule has 1 fully saturated rings. The van der Waals surface area contributed by atoms with E-state index >= 15 is 0 Å². The van der Waals surface area contributed by atoms with Gasteiger partial charge in [-0.2, -0.15) is 5.26 Å². The Morgan fingerprint density at radius 3 is 2.44 bits per heavy atom. The van der Waals surface area contributed by atoms with Gasteiger partial charge >= 0.3 is 0 Å². The van der Waals surface area contributed by atoms with Crippen molar-refractivity contribution in [1.29, 1.82) is 5.26 Å². The van der Waals surface area contributed by atoms with Crippen LogP contribution in [-0.4, -0.2) is 13.1 Å². The zero-order valence-electron chi connectivity index (χ0n) is 15.2. The van der Waals surface area contributed by atoms with Crippen molar-refractivity contribution in [2.45, 2.75) is 19.3 Å². The van der Waals surface area contributed by atoms with Gasteiger partial charge < -0.3 is 4.90 Å². The van der Waals surface area contributed by atoms with Crippen LogP contribution in [0.15, 0.2) is 60.7 Å². The highest BCUT2D eigenvalue weighted by Crippen LogP contribution is 2.26. The Morgan fingerprint density at radius 2 is 1.70 bits per heavy atom. The van der Waals surface area contributed by atoms with Crippen molar-refractivity contribution in [1.82, 2.24) is 0 Å². The summed E-state index contributed by atoms with van der Waals surface area (Å²) in [4.78, 5) is 2.23. The molecule has 1 aliphatic rings. The molecule has 3 aromatic carbocycles. The number of piperidine rings is 1. The maximum atomic E-state index is 14.7. The van der Waals surface area contributed by atoms with Gasteiger partial charge in [0.1, 0.15) is 5.82 Å². The van der Waals surface area contributed by atoms with E-state index in [4.69, 9.17) is 0 Å². The Hall–Kier alpha value is -3.12. The minimum atomic E-state index is -0.286. The average molecular weight is 356 g/mol. The van der Waals surface area contributed by atoms with E-state index in [9.17, 15) is 9.65 Å². The van der Waals surface area contributed by atoms with Crippen molar-refractivity contribution >= 4 is 28.1 Å². The zero-order chi connectivity index (χ0) is 18.6. The molecule has 0 amide bonds. The third-order valence-corrected chi connectivity index (χ3v) is 5.19. The average Bonchev–Trinajstić information content (AvgIpc) is 2.73. The van der Waals surface area contributed by atoms with E-state index in [1.54, 1.807) is 18.2 Å². The Bertz CT molecular complexity index is 1040. The van der Waals surface area contributed by atoms with Crippen LogP contribution >= 0.6 is 0 Å². The summed E-state index contributed by atoms with van der Waals surface area (Å²) in [5, 5.41) is 11.8. The van der Waals surface area contributed by atoms with Gasteiger partial charge in [-0.15, -0.1) is 0 Å². The lowest BCUT2D eigenvalue weighted by molar-refractivity contribution is 0.574. The van der Waals surface area contributed by atoms with Crippen LogP contribution in [0.1, 0.15) is 30.4 Å². The molecule has 0 spiro atoms. The first kappa shape index (κ1) is 17.3. The van der Waals surface area contributed by atoms with Gasteiger partial charge in [-0.3, -0.25) is 0 Å². The van der Waals surface area contributed by atoms with E-state index in [0.29, 0.717) is 11.1 Å². The lowest BCUT2D eigenvalue weighted by Gasteiger charge is -2.28. The molecule has 4 rings (SSSR count). The lowest BCUT2D eigenvalue weighted by atomic mass is 10.00. The smallest absolute Gasteiger partial charge is 0.132 e. The molecule has 3 aromatic rings. The topological polar surface area (TPSA) is 27.0 Å². The second-order valence-electron chi connectivity index (χ2n) is 6.99. The summed E-state index contributed by atoms with van der Waals surface area (Å²) in [6, 6.07) is 21.4. The summed E-state index contributed by atoms with van der Waals surface area (Å²) in [5.74, 6) is -0.286. The predicted octanol–water partition coefficient (Wildman–Crippen LogP) is 6.03. The second-order valence-corrected chi connectivity index (χ2v) is 6.99. The molecule has 1 saturated heterocycles. The number of hydrogen-bond acceptors (Lipinski definition) is 2. The van der Waals surface area contributed by atoms with E-state index in [1.165, 1.54) is 6.42 Å². The van der Waals surface area contributed by atoms with Crippen LogP contribution in [0.2, 0.25) is 0 Å². The number of hydrogen-bond donors (Lipinski definition) is 0. The number of halogens is 1. The summed E-state index contributed by atoms with van der Waals surface area (Å²) < 4.78 is 14.7. The van der Waals surface area contributed by atoms with Gasteiger partial charge in [0, 0.05) is 24.3 Å². The van der Waals surface area contributed by atoms with Crippen LogP contribution in [0.5, 0.6) is 0 Å². The molecule has 0 saturated carbocycles. The molecule has 0 aromatic heterocycles. The van der Waals surface area contributed by atoms with Gasteiger partial charge in [-0.25, -0.2) is 4.39 Å². The highest BCUT2D eigenvalue weighted by Gasteiger charge is 2.13. The first-order valence-corrected chi connectivity index (χ1v) is 9.40. The number of rotatable bonds is 3. The van der Waals surface area contributed by atoms with Gasteiger partial charge in [0.05, 0.1) is 11.6 Å². The Morgan fingerprint density at radius 1 is 0.926 bits per heavy atom. The fourth-order valence-corrected chi connectivity index (χ4v) is 3.67. The molecule has 134 valence electrons. The molecule has 0 radical (unpaired) electrons. The molecule has 3 heteroatoms. The number of allylic oxidation sites excluding steroid dienone is 1. The zero-order valence-corrected chi connectivity index (χ0v) is 15.2. The molecular formula is C24H21FN2. The Balaban J connectivity index is 1.66. The molecule has 0 aliphatic carbocycles. The van der Waals surface area contributed by atoms with Gasteiger partial charge in [-0.05, 0) is 65.9 Å². The summed E-state index contributed by atoms with van der Waals surface area (Å²) in [6.07, 6.45) is 5.20. The van der Waals surface area contributed by atoms with Gasteiger partial charge in [0.2, 0.25) is 0 Å². The molecule has 27 heavy (non-hydrogen) atoms. The van der Waals surface area contributed by atoms with Crippen LogP contribution in [0.3, 0.4) is 0 Å². The maximum Gasteiger partial charge on any atom is 0.132 e. The first-order chi connectivity index (χ1) is 13.2. The SMILES string of the molecule is N#C/C(=C/c1ccc(N2CCCCC2)cc1F)c1ccc2ccccc2c1. The van der Waals surface area contributed by atoms with Crippen molar-refractivity contribution in [3.63, 3.8) is 0 Å². The first-order valence-electron chi connectivity index (χ1n) is 9.40. The molecule has 0 N–H and O–H groups in total. The maximum absolute atomic E-state index is 14.7. The number of fused-ring (bicyclic) bond motifs is 1. The monoisotopic (exact) mass is 356 g/mol. The number of anilines is 1. The minimum Gasteiger partial charge on any atom is -0.371 e. The fourth-order valence-electron chi connectivity index (χ4n) is 3.67. The van der Waals surface area contributed by atoms with Crippen molar-refractivity contribution in [3.8, 4) is 6.07 Å². The van der Waals surface area contributed by atoms with Crippen molar-refractivity contribution < 1.29 is 4.39 Å². The summed E-state index contributed by atoms with van der Waals surface area (Å²) in [5.41, 5.74) is 2.63. The third kappa shape index (κ3) is 3.71. The third-order valence-electron chi connectivity index (χ3n) is 5.19. The molecule has 1 heterocycles. The standard InChI is InChI=1S/C24H21FN2/c25-24-16-23(27-12-4-1-5-13-27)11-10-21(24)15-22(17-26)20-9-8-18-6-2-3-7-19(18)14-20/h2-3,6-11,14-16H,1,4-5,12-13H2/b22-15-. The highest BCUT2D eigenvalue weighted by atomic mass is 19.1. The van der Waals surface area contributed by atoms with Crippen molar-refractivity contribution in [3.05, 3.63) is 77.6 Å². The Kier molecular flexibility index (Phi) is 4.89. The Labute approximate surface area is 159 Å². The normalized spacial score (nSPS) is 15.0. The number of nitriles is 1. The molecule has 0 unspecified atom stereocenters. The molecular weight excluding hydrogens is 335 g/mol. The highest BCUT2D eigenvalue weighted by molar-refractivity contribution is 5.94. The predicted molar refractivity (Wildman–Crippen MR) is 110 cm³/mol. The molecule has 2 nitrogen and oxygen atoms in total. The summed E-state index contributed by atoms with van der Waals surface area (Å²) >= 11 is 0. The van der Waals surface area contributed by atoms with E-state index in [1.807, 2.05) is 48.5 Å². The van der Waals surface area contributed by atoms with Crippen LogP contribution < -0.4 is 4.90 Å². The van der Waals surface area contributed by atoms with Crippen LogP contribution in [0.4, 0.5) is 10.1 Å². The molecule has 0 atom stereocenters. The van der Waals surface area contributed by atoms with Crippen LogP contribution in [0.25, 0.3) is 22.4 Å².